The van der Waals surface area contributed by atoms with E-state index in [-0.39, 0.29) is 0 Å². The van der Waals surface area contributed by atoms with E-state index in [1.54, 1.807) is 12.2 Å². The summed E-state index contributed by atoms with van der Waals surface area (Å²) in [5.74, 6) is 0. The summed E-state index contributed by atoms with van der Waals surface area (Å²) in [7, 11) is 0. The third-order valence-corrected chi connectivity index (χ3v) is 12.8. The van der Waals surface area contributed by atoms with Crippen LogP contribution in [0.2, 0.25) is 0 Å². The van der Waals surface area contributed by atoms with Crippen molar-refractivity contribution in [2.24, 2.45) is 0 Å². The quantitative estimate of drug-likeness (QED) is 0.176. The van der Waals surface area contributed by atoms with Gasteiger partial charge in [0, 0.05) is 0 Å². The van der Waals surface area contributed by atoms with Crippen molar-refractivity contribution in [2.75, 3.05) is 0 Å². The van der Waals surface area contributed by atoms with Gasteiger partial charge in [0.15, 0.2) is 0 Å². The van der Waals surface area contributed by atoms with Gasteiger partial charge >= 0.3 is 138 Å². The van der Waals surface area contributed by atoms with E-state index in [0.717, 1.165) is 19.3 Å². The first kappa shape index (κ1) is 23.9. The Morgan fingerprint density at radius 2 is 1.37 bits per heavy atom. The van der Waals surface area contributed by atoms with Crippen LogP contribution >= 0.6 is 0 Å². The van der Waals surface area contributed by atoms with Crippen LogP contribution in [0.4, 0.5) is 0 Å². The normalized spacial score (nSPS) is 12.9. The van der Waals surface area contributed by atoms with Crippen molar-refractivity contribution < 1.29 is 22.9 Å². The molecule has 0 heterocycles. The third-order valence-electron chi connectivity index (χ3n) is 6.88. The number of rotatable bonds is 5. The first-order chi connectivity index (χ1) is 17.2. The molecule has 172 valence electrons. The van der Waals surface area contributed by atoms with Crippen molar-refractivity contribution >= 4 is 3.32 Å². The summed E-state index contributed by atoms with van der Waals surface area (Å²) in [6.45, 7) is 4.50. The SMILES string of the molecule is Cc1ccc2c(c1)Cc1c-2ccc(C)[c]1[Hf][C]1=CC=CC1.c1ccc(CCc2ccccc2)cc1. The van der Waals surface area contributed by atoms with E-state index in [9.17, 15) is 0 Å². The predicted octanol–water partition coefficient (Wildman–Crippen LogP) is 7.90. The average Bonchev–Trinajstić information content (AvgIpc) is 3.53. The second-order valence-corrected chi connectivity index (χ2v) is 14.5. The van der Waals surface area contributed by atoms with Gasteiger partial charge in [-0.15, -0.1) is 0 Å². The standard InChI is InChI=1S/C15H13.C14H14.C5H5.Hf/c1-10-3-5-14-12(7-10)9-13-8-11(2)4-6-15(13)14;1-3-7-13(8-4-1)11-12-14-9-5-2-6-10-14;1-2-4-5-3-1;/h3-7H,9H2,1-2H3;1-10H,11-12H2;1-3H,4H2;. The minimum absolute atomic E-state index is 0.878. The maximum Gasteiger partial charge on any atom is -0.0238 e. The van der Waals surface area contributed by atoms with Crippen molar-refractivity contribution in [3.8, 4) is 11.1 Å². The van der Waals surface area contributed by atoms with Crippen LogP contribution in [0, 0.1) is 13.8 Å². The Balaban J connectivity index is 0.000000158. The van der Waals surface area contributed by atoms with Crippen molar-refractivity contribution in [3.05, 3.63) is 146 Å². The summed E-state index contributed by atoms with van der Waals surface area (Å²) in [5, 5.41) is 0. The van der Waals surface area contributed by atoms with Crippen LogP contribution in [0.5, 0.6) is 0 Å². The molecule has 2 aliphatic carbocycles. The molecule has 0 saturated heterocycles. The zero-order chi connectivity index (χ0) is 24.0. The largest absolute Gasteiger partial charge is 0.0622 e. The van der Waals surface area contributed by atoms with Gasteiger partial charge in [-0.3, -0.25) is 0 Å². The second kappa shape index (κ2) is 11.3. The van der Waals surface area contributed by atoms with E-state index >= 15 is 0 Å². The topological polar surface area (TPSA) is 0 Å². The molecule has 0 fully saturated rings. The third kappa shape index (κ3) is 5.90. The Kier molecular flexibility index (Phi) is 7.74. The van der Waals surface area contributed by atoms with E-state index in [1.165, 1.54) is 45.4 Å². The van der Waals surface area contributed by atoms with Crippen LogP contribution in [-0.2, 0) is 42.2 Å². The van der Waals surface area contributed by atoms with E-state index in [0.29, 0.717) is 0 Å². The molecule has 35 heavy (non-hydrogen) atoms. The van der Waals surface area contributed by atoms with Gasteiger partial charge in [0.2, 0.25) is 0 Å². The molecule has 0 saturated carbocycles. The molecule has 0 nitrogen and oxygen atoms in total. The Hall–Kier alpha value is -2.77. The zero-order valence-corrected chi connectivity index (χ0v) is 24.3. The van der Waals surface area contributed by atoms with Crippen LogP contribution in [0.1, 0.15) is 39.8 Å². The summed E-state index contributed by atoms with van der Waals surface area (Å²) in [6.07, 6.45) is 11.5. The monoisotopic (exact) mass is 620 g/mol. The van der Waals surface area contributed by atoms with Gasteiger partial charge in [-0.1, -0.05) is 60.7 Å². The number of benzene rings is 4. The fraction of sp³-hybridized carbons (Fsp3) is 0.176. The molecule has 1 heteroatoms. The first-order valence-electron chi connectivity index (χ1n) is 12.6. The van der Waals surface area contributed by atoms with Crippen LogP contribution in [-0.4, -0.2) is 0 Å². The molecule has 0 atom stereocenters. The molecule has 2 aliphatic rings. The molecular formula is C34H32Hf. The predicted molar refractivity (Wildman–Crippen MR) is 146 cm³/mol. The molecule has 0 bridgehead atoms. The Bertz CT molecular complexity index is 1320. The molecule has 4 aromatic carbocycles. The van der Waals surface area contributed by atoms with Crippen molar-refractivity contribution in [1.82, 2.24) is 0 Å². The molecule has 0 aliphatic heterocycles. The molecule has 0 amide bonds. The molecule has 0 aromatic heterocycles. The Morgan fingerprint density at radius 1 is 0.714 bits per heavy atom. The molecule has 0 radical (unpaired) electrons. The summed E-state index contributed by atoms with van der Waals surface area (Å²) < 4.78 is 3.48. The van der Waals surface area contributed by atoms with Crippen molar-refractivity contribution in [1.29, 1.82) is 0 Å². The smallest absolute Gasteiger partial charge is 0.0238 e. The van der Waals surface area contributed by atoms with Gasteiger partial charge in [-0.25, -0.2) is 0 Å². The molecule has 4 aromatic rings. The van der Waals surface area contributed by atoms with E-state index in [2.05, 4.69) is 123 Å². The minimum Gasteiger partial charge on any atom is -0.0622 e. The fourth-order valence-electron chi connectivity index (χ4n) is 4.98. The molecule has 0 N–H and O–H groups in total. The maximum atomic E-state index is 2.37. The number of hydrogen-bond acceptors (Lipinski definition) is 0. The Labute approximate surface area is 221 Å². The van der Waals surface area contributed by atoms with Crippen LogP contribution in [0.25, 0.3) is 11.1 Å². The van der Waals surface area contributed by atoms with E-state index < -0.39 is 22.9 Å². The second-order valence-electron chi connectivity index (χ2n) is 9.54. The molecule has 0 spiro atoms. The summed E-state index contributed by atoms with van der Waals surface area (Å²) in [5.41, 5.74) is 11.9. The Morgan fingerprint density at radius 3 is 2.00 bits per heavy atom. The van der Waals surface area contributed by atoms with Gasteiger partial charge in [-0.2, -0.15) is 0 Å². The summed E-state index contributed by atoms with van der Waals surface area (Å²) >= 11 is -0.878. The van der Waals surface area contributed by atoms with Crippen molar-refractivity contribution in [3.63, 3.8) is 0 Å². The van der Waals surface area contributed by atoms with E-state index in [4.69, 9.17) is 0 Å². The molecular weight excluding hydrogens is 587 g/mol. The average molecular weight is 619 g/mol. The van der Waals surface area contributed by atoms with Crippen molar-refractivity contribution in [2.45, 2.75) is 39.5 Å². The zero-order valence-electron chi connectivity index (χ0n) is 20.7. The van der Waals surface area contributed by atoms with E-state index in [1.807, 2.05) is 0 Å². The van der Waals surface area contributed by atoms with Gasteiger partial charge in [0.05, 0.1) is 0 Å². The molecule has 0 unspecified atom stereocenters. The van der Waals surface area contributed by atoms with Crippen LogP contribution in [0.15, 0.2) is 113 Å². The summed E-state index contributed by atoms with van der Waals surface area (Å²) in [6, 6.07) is 32.9. The number of hydrogen-bond donors (Lipinski definition) is 0. The van der Waals surface area contributed by atoms with Crippen LogP contribution in [0.3, 0.4) is 0 Å². The summed E-state index contributed by atoms with van der Waals surface area (Å²) in [4.78, 5) is 0. The van der Waals surface area contributed by atoms with Crippen LogP contribution < -0.4 is 3.32 Å². The first-order valence-corrected chi connectivity index (χ1v) is 16.2. The fourth-order valence-corrected chi connectivity index (χ4v) is 9.92. The molecule has 6 rings (SSSR count). The van der Waals surface area contributed by atoms with Gasteiger partial charge in [0.1, 0.15) is 0 Å². The maximum absolute atomic E-state index is 2.37. The van der Waals surface area contributed by atoms with Gasteiger partial charge < -0.3 is 0 Å². The number of allylic oxidation sites excluding steroid dienone is 4. The van der Waals surface area contributed by atoms with Gasteiger partial charge in [0.25, 0.3) is 0 Å². The number of fused-ring (bicyclic) bond motifs is 3. The number of aryl methyl sites for hydroxylation is 4. The van der Waals surface area contributed by atoms with Gasteiger partial charge in [-0.05, 0) is 24.0 Å². The minimum atomic E-state index is -0.878.